The Hall–Kier alpha value is -1.71. The summed E-state index contributed by atoms with van der Waals surface area (Å²) >= 11 is 0. The van der Waals surface area contributed by atoms with Gasteiger partial charge in [0, 0.05) is 5.69 Å². The van der Waals surface area contributed by atoms with Crippen molar-refractivity contribution in [3.05, 3.63) is 24.3 Å². The van der Waals surface area contributed by atoms with Crippen molar-refractivity contribution in [2.75, 3.05) is 12.3 Å². The number of ether oxygens (including phenoxy) is 2. The van der Waals surface area contributed by atoms with Crippen LogP contribution in [0.1, 0.15) is 13.3 Å². The molecule has 0 unspecified atom stereocenters. The van der Waals surface area contributed by atoms with Gasteiger partial charge in [-0.3, -0.25) is 0 Å². The first-order valence-electron chi connectivity index (χ1n) is 4.42. The Bertz CT molecular complexity index is 295. The van der Waals surface area contributed by atoms with E-state index >= 15 is 0 Å². The topological polar surface area (TPSA) is 61.5 Å². The summed E-state index contributed by atoms with van der Waals surface area (Å²) in [6.45, 7) is 2.28. The van der Waals surface area contributed by atoms with Crippen molar-refractivity contribution in [2.24, 2.45) is 0 Å². The van der Waals surface area contributed by atoms with Crippen LogP contribution in [-0.2, 0) is 4.74 Å². The molecule has 0 saturated carbocycles. The van der Waals surface area contributed by atoms with E-state index in [1.54, 1.807) is 24.3 Å². The average Bonchev–Trinajstić information content (AvgIpc) is 2.18. The van der Waals surface area contributed by atoms with Crippen LogP contribution in [-0.4, -0.2) is 12.8 Å². The number of carbonyl (C=O) groups excluding carboxylic acids is 1. The van der Waals surface area contributed by atoms with Gasteiger partial charge in [-0.05, 0) is 30.7 Å². The molecule has 14 heavy (non-hydrogen) atoms. The van der Waals surface area contributed by atoms with Crippen LogP contribution in [0.4, 0.5) is 10.5 Å². The first-order valence-corrected chi connectivity index (χ1v) is 4.42. The van der Waals surface area contributed by atoms with Gasteiger partial charge in [0.2, 0.25) is 0 Å². The van der Waals surface area contributed by atoms with Crippen molar-refractivity contribution in [1.82, 2.24) is 0 Å². The predicted molar refractivity (Wildman–Crippen MR) is 53.1 cm³/mol. The Morgan fingerprint density at radius 1 is 1.36 bits per heavy atom. The molecule has 0 aromatic heterocycles. The summed E-state index contributed by atoms with van der Waals surface area (Å²) in [5.74, 6) is 0.431. The lowest BCUT2D eigenvalue weighted by Crippen LogP contribution is -2.10. The fraction of sp³-hybridized carbons (Fsp3) is 0.300. The molecule has 4 heteroatoms. The van der Waals surface area contributed by atoms with Crippen molar-refractivity contribution < 1.29 is 14.3 Å². The highest BCUT2D eigenvalue weighted by Gasteiger charge is 2.04. The van der Waals surface area contributed by atoms with Gasteiger partial charge in [-0.1, -0.05) is 6.92 Å². The minimum Gasteiger partial charge on any atom is -0.434 e. The molecule has 0 saturated heterocycles. The maximum Gasteiger partial charge on any atom is 0.513 e. The van der Waals surface area contributed by atoms with E-state index in [0.717, 1.165) is 6.42 Å². The predicted octanol–water partition coefficient (Wildman–Crippen LogP) is 2.19. The Labute approximate surface area is 82.6 Å². The summed E-state index contributed by atoms with van der Waals surface area (Å²) in [4.78, 5) is 11.0. The fourth-order valence-corrected chi connectivity index (χ4v) is 0.847. The lowest BCUT2D eigenvalue weighted by molar-refractivity contribution is 0.0992. The molecule has 0 aliphatic heterocycles. The van der Waals surface area contributed by atoms with E-state index in [9.17, 15) is 4.79 Å². The van der Waals surface area contributed by atoms with Gasteiger partial charge >= 0.3 is 6.16 Å². The number of rotatable bonds is 3. The number of hydrogen-bond donors (Lipinski definition) is 1. The van der Waals surface area contributed by atoms with Crippen molar-refractivity contribution in [3.8, 4) is 5.75 Å². The quantitative estimate of drug-likeness (QED) is 0.456. The van der Waals surface area contributed by atoms with E-state index in [2.05, 4.69) is 0 Å². The first kappa shape index (κ1) is 10.4. The van der Waals surface area contributed by atoms with E-state index < -0.39 is 6.16 Å². The van der Waals surface area contributed by atoms with Crippen LogP contribution in [0, 0.1) is 0 Å². The Balaban J connectivity index is 2.44. The second-order valence-electron chi connectivity index (χ2n) is 2.77. The molecule has 0 atom stereocenters. The van der Waals surface area contributed by atoms with Crippen molar-refractivity contribution >= 4 is 11.8 Å². The summed E-state index contributed by atoms with van der Waals surface area (Å²) < 4.78 is 9.59. The molecule has 1 rings (SSSR count). The highest BCUT2D eigenvalue weighted by molar-refractivity contribution is 5.64. The summed E-state index contributed by atoms with van der Waals surface area (Å²) in [5.41, 5.74) is 6.09. The lowest BCUT2D eigenvalue weighted by atomic mass is 10.3. The molecular formula is C10H13NO3. The highest BCUT2D eigenvalue weighted by atomic mass is 16.7. The molecule has 4 nitrogen and oxygen atoms in total. The third-order valence-electron chi connectivity index (χ3n) is 1.51. The molecule has 2 N–H and O–H groups in total. The van der Waals surface area contributed by atoms with Gasteiger partial charge in [0.1, 0.15) is 5.75 Å². The van der Waals surface area contributed by atoms with Gasteiger partial charge in [0.25, 0.3) is 0 Å². The van der Waals surface area contributed by atoms with Crippen molar-refractivity contribution in [3.63, 3.8) is 0 Å². The third-order valence-corrected chi connectivity index (χ3v) is 1.51. The first-order chi connectivity index (χ1) is 6.72. The van der Waals surface area contributed by atoms with E-state index in [4.69, 9.17) is 15.2 Å². The molecule has 0 spiro atoms. The van der Waals surface area contributed by atoms with Gasteiger partial charge < -0.3 is 15.2 Å². The average molecular weight is 195 g/mol. The second-order valence-corrected chi connectivity index (χ2v) is 2.77. The zero-order chi connectivity index (χ0) is 10.4. The molecule has 1 aromatic carbocycles. The second kappa shape index (κ2) is 5.11. The van der Waals surface area contributed by atoms with E-state index in [-0.39, 0.29) is 0 Å². The molecule has 1 aromatic rings. The number of hydrogen-bond acceptors (Lipinski definition) is 4. The molecule has 0 aliphatic carbocycles. The minimum atomic E-state index is -0.684. The van der Waals surface area contributed by atoms with Gasteiger partial charge in [-0.2, -0.15) is 0 Å². The van der Waals surface area contributed by atoms with Gasteiger partial charge in [-0.15, -0.1) is 0 Å². The molecule has 76 valence electrons. The van der Waals surface area contributed by atoms with Crippen molar-refractivity contribution in [1.29, 1.82) is 0 Å². The molecular weight excluding hydrogens is 182 g/mol. The van der Waals surface area contributed by atoms with Crippen LogP contribution in [0.25, 0.3) is 0 Å². The third kappa shape index (κ3) is 3.35. The van der Waals surface area contributed by atoms with Crippen LogP contribution < -0.4 is 10.5 Å². The summed E-state index contributed by atoms with van der Waals surface area (Å²) in [7, 11) is 0. The lowest BCUT2D eigenvalue weighted by Gasteiger charge is -2.04. The normalized spacial score (nSPS) is 9.50. The Kier molecular flexibility index (Phi) is 3.79. The van der Waals surface area contributed by atoms with Gasteiger partial charge in [-0.25, -0.2) is 4.79 Å². The number of nitrogens with two attached hydrogens (primary N) is 1. The molecule has 0 fully saturated rings. The zero-order valence-electron chi connectivity index (χ0n) is 8.03. The zero-order valence-corrected chi connectivity index (χ0v) is 8.03. The number of carbonyl (C=O) groups is 1. The Morgan fingerprint density at radius 2 is 2.00 bits per heavy atom. The monoisotopic (exact) mass is 195 g/mol. The van der Waals surface area contributed by atoms with Crippen LogP contribution in [0.2, 0.25) is 0 Å². The minimum absolute atomic E-state index is 0.369. The SMILES string of the molecule is CCCOC(=O)Oc1ccc(N)cc1. The Morgan fingerprint density at radius 3 is 2.57 bits per heavy atom. The maximum atomic E-state index is 11.0. The van der Waals surface area contributed by atoms with Crippen LogP contribution in [0.5, 0.6) is 5.75 Å². The van der Waals surface area contributed by atoms with Crippen LogP contribution >= 0.6 is 0 Å². The number of benzene rings is 1. The highest BCUT2D eigenvalue weighted by Crippen LogP contribution is 2.13. The van der Waals surface area contributed by atoms with E-state index in [1.807, 2.05) is 6.92 Å². The summed E-state index contributed by atoms with van der Waals surface area (Å²) in [6.07, 6.45) is 0.0910. The van der Waals surface area contributed by atoms with Crippen LogP contribution in [0.3, 0.4) is 0 Å². The fourth-order valence-electron chi connectivity index (χ4n) is 0.847. The van der Waals surface area contributed by atoms with Gasteiger partial charge in [0.05, 0.1) is 6.61 Å². The summed E-state index contributed by atoms with van der Waals surface area (Å²) in [6, 6.07) is 6.54. The number of anilines is 1. The molecule has 0 amide bonds. The smallest absolute Gasteiger partial charge is 0.434 e. The van der Waals surface area contributed by atoms with Crippen molar-refractivity contribution in [2.45, 2.75) is 13.3 Å². The summed E-state index contributed by atoms with van der Waals surface area (Å²) in [5, 5.41) is 0. The van der Waals surface area contributed by atoms with E-state index in [1.165, 1.54) is 0 Å². The molecule has 0 heterocycles. The van der Waals surface area contributed by atoms with Crippen LogP contribution in [0.15, 0.2) is 24.3 Å². The standard InChI is InChI=1S/C10H13NO3/c1-2-7-13-10(12)14-9-5-3-8(11)4-6-9/h3-6H,2,7,11H2,1H3. The largest absolute Gasteiger partial charge is 0.513 e. The number of nitrogen functional groups attached to an aromatic ring is 1. The van der Waals surface area contributed by atoms with Gasteiger partial charge in [0.15, 0.2) is 0 Å². The molecule has 0 aliphatic rings. The molecule has 0 radical (unpaired) electrons. The molecule has 0 bridgehead atoms. The maximum absolute atomic E-state index is 11.0. The van der Waals surface area contributed by atoms with E-state index in [0.29, 0.717) is 18.0 Å².